The van der Waals surface area contributed by atoms with Gasteiger partial charge >= 0.3 is 0 Å². The summed E-state index contributed by atoms with van der Waals surface area (Å²) in [6, 6.07) is 0. The second kappa shape index (κ2) is 4.31. The number of rotatable bonds is 2. The minimum absolute atomic E-state index is 0.249. The van der Waals surface area contributed by atoms with Crippen molar-refractivity contribution < 1.29 is 4.42 Å². The van der Waals surface area contributed by atoms with Crippen LogP contribution in [0, 0.1) is 13.8 Å². The zero-order valence-corrected chi connectivity index (χ0v) is 10.3. The highest BCUT2D eigenvalue weighted by atomic mass is 35.5. The first-order valence-corrected chi connectivity index (χ1v) is 5.65. The van der Waals surface area contributed by atoms with Crippen LogP contribution in [0.1, 0.15) is 11.5 Å². The van der Waals surface area contributed by atoms with E-state index in [1.54, 1.807) is 0 Å². The van der Waals surface area contributed by atoms with Gasteiger partial charge < -0.3 is 10.2 Å². The Kier molecular flexibility index (Phi) is 3.02. The summed E-state index contributed by atoms with van der Waals surface area (Å²) in [7, 11) is 0. The highest BCUT2D eigenvalue weighted by Crippen LogP contribution is 2.33. The van der Waals surface area contributed by atoms with Gasteiger partial charge in [0.25, 0.3) is 5.22 Å². The second-order valence-corrected chi connectivity index (χ2v) is 4.42. The van der Waals surface area contributed by atoms with Crippen LogP contribution in [0.25, 0.3) is 0 Å². The molecule has 0 spiro atoms. The van der Waals surface area contributed by atoms with Gasteiger partial charge in [0.2, 0.25) is 0 Å². The Hall–Kier alpha value is -1.27. The number of nitrogens with zero attached hydrogens (tertiary/aromatic N) is 3. The standard InChI is InChI=1S/C9H9ClN4OS/c1-4-5(2)15-9(14-4)16-8-6(10)7(11)12-3-13-8/h3H,1-2H3,(H2,11,12,13). The van der Waals surface area contributed by atoms with Crippen LogP contribution in [0.3, 0.4) is 0 Å². The molecule has 84 valence electrons. The Morgan fingerprint density at radius 3 is 2.75 bits per heavy atom. The summed E-state index contributed by atoms with van der Waals surface area (Å²) < 4.78 is 5.41. The molecule has 7 heteroatoms. The van der Waals surface area contributed by atoms with E-state index < -0.39 is 0 Å². The molecule has 2 rings (SSSR count). The number of nitrogen functional groups attached to an aromatic ring is 1. The third-order valence-corrected chi connectivity index (χ3v) is 3.31. The van der Waals surface area contributed by atoms with Gasteiger partial charge in [-0.2, -0.15) is 0 Å². The van der Waals surface area contributed by atoms with E-state index in [9.17, 15) is 0 Å². The predicted octanol–water partition coefficient (Wildman–Crippen LogP) is 2.47. The lowest BCUT2D eigenvalue weighted by atomic mass is 10.4. The molecule has 0 saturated heterocycles. The molecule has 0 atom stereocenters. The van der Waals surface area contributed by atoms with Crippen molar-refractivity contribution in [1.29, 1.82) is 0 Å². The van der Waals surface area contributed by atoms with Crippen molar-refractivity contribution in [3.05, 3.63) is 22.8 Å². The number of aryl methyl sites for hydroxylation is 2. The summed E-state index contributed by atoms with van der Waals surface area (Å²) in [5, 5.41) is 1.35. The van der Waals surface area contributed by atoms with Gasteiger partial charge in [-0.15, -0.1) is 0 Å². The highest BCUT2D eigenvalue weighted by molar-refractivity contribution is 7.99. The minimum atomic E-state index is 0.249. The average Bonchev–Trinajstić information content (AvgIpc) is 2.54. The van der Waals surface area contributed by atoms with E-state index in [-0.39, 0.29) is 5.82 Å². The molecule has 0 aromatic carbocycles. The van der Waals surface area contributed by atoms with Crippen molar-refractivity contribution in [2.75, 3.05) is 5.73 Å². The van der Waals surface area contributed by atoms with Crippen LogP contribution in [-0.4, -0.2) is 15.0 Å². The van der Waals surface area contributed by atoms with Gasteiger partial charge in [0, 0.05) is 0 Å². The lowest BCUT2D eigenvalue weighted by Gasteiger charge is -2.00. The number of hydrogen-bond acceptors (Lipinski definition) is 6. The summed E-state index contributed by atoms with van der Waals surface area (Å²) in [6.45, 7) is 3.72. The molecule has 2 aromatic rings. The first kappa shape index (κ1) is 11.2. The Labute approximate surface area is 101 Å². The van der Waals surface area contributed by atoms with Crippen molar-refractivity contribution in [2.45, 2.75) is 24.1 Å². The quantitative estimate of drug-likeness (QED) is 0.832. The topological polar surface area (TPSA) is 77.8 Å². The molecule has 2 aromatic heterocycles. The van der Waals surface area contributed by atoms with Gasteiger partial charge in [0.05, 0.1) is 5.69 Å². The first-order valence-electron chi connectivity index (χ1n) is 4.45. The fourth-order valence-electron chi connectivity index (χ4n) is 1.01. The summed E-state index contributed by atoms with van der Waals surface area (Å²) in [5.41, 5.74) is 6.41. The molecule has 0 radical (unpaired) electrons. The molecule has 0 unspecified atom stereocenters. The molecule has 16 heavy (non-hydrogen) atoms. The van der Waals surface area contributed by atoms with Crippen LogP contribution >= 0.6 is 23.4 Å². The number of nitrogens with two attached hydrogens (primary N) is 1. The zero-order chi connectivity index (χ0) is 11.7. The van der Waals surface area contributed by atoms with Gasteiger partial charge in [-0.05, 0) is 25.6 Å². The fourth-order valence-corrected chi connectivity index (χ4v) is 2.03. The Morgan fingerprint density at radius 2 is 2.12 bits per heavy atom. The Bertz CT molecular complexity index is 509. The normalized spacial score (nSPS) is 10.7. The van der Waals surface area contributed by atoms with Gasteiger partial charge in [-0.3, -0.25) is 0 Å². The summed E-state index contributed by atoms with van der Waals surface area (Å²) >= 11 is 7.17. The molecule has 0 aliphatic carbocycles. The molecular weight excluding hydrogens is 248 g/mol. The first-order chi connectivity index (χ1) is 7.58. The van der Waals surface area contributed by atoms with Gasteiger partial charge in [-0.25, -0.2) is 15.0 Å². The van der Waals surface area contributed by atoms with Crippen molar-refractivity contribution in [2.24, 2.45) is 0 Å². The molecule has 0 aliphatic heterocycles. The maximum Gasteiger partial charge on any atom is 0.262 e. The van der Waals surface area contributed by atoms with Crippen molar-refractivity contribution in [1.82, 2.24) is 15.0 Å². The van der Waals surface area contributed by atoms with Gasteiger partial charge in [-0.1, -0.05) is 11.6 Å². The average molecular weight is 257 g/mol. The van der Waals surface area contributed by atoms with Crippen LogP contribution in [-0.2, 0) is 0 Å². The van der Waals surface area contributed by atoms with Crippen LogP contribution < -0.4 is 5.73 Å². The number of halogens is 1. The monoisotopic (exact) mass is 256 g/mol. The lowest BCUT2D eigenvalue weighted by molar-refractivity contribution is 0.431. The van der Waals surface area contributed by atoms with Gasteiger partial charge in [0.1, 0.15) is 28.0 Å². The van der Waals surface area contributed by atoms with Crippen LogP contribution in [0.15, 0.2) is 21.0 Å². The van der Waals surface area contributed by atoms with E-state index in [1.807, 2.05) is 13.8 Å². The molecule has 5 nitrogen and oxygen atoms in total. The maximum absolute atomic E-state index is 5.95. The Morgan fingerprint density at radius 1 is 1.38 bits per heavy atom. The van der Waals surface area contributed by atoms with E-state index >= 15 is 0 Å². The number of hydrogen-bond donors (Lipinski definition) is 1. The highest BCUT2D eigenvalue weighted by Gasteiger charge is 2.13. The minimum Gasteiger partial charge on any atom is -0.436 e. The molecule has 0 saturated carbocycles. The molecular formula is C9H9ClN4OS. The number of anilines is 1. The van der Waals surface area contributed by atoms with E-state index in [1.165, 1.54) is 18.1 Å². The summed E-state index contributed by atoms with van der Waals surface area (Å²) in [4.78, 5) is 12.0. The van der Waals surface area contributed by atoms with Crippen LogP contribution in [0.4, 0.5) is 5.82 Å². The number of oxazole rings is 1. The molecule has 0 fully saturated rings. The molecule has 0 aliphatic rings. The predicted molar refractivity (Wildman–Crippen MR) is 61.6 cm³/mol. The number of aromatic nitrogens is 3. The van der Waals surface area contributed by atoms with E-state index in [2.05, 4.69) is 15.0 Å². The maximum atomic E-state index is 5.95. The smallest absolute Gasteiger partial charge is 0.262 e. The van der Waals surface area contributed by atoms with Crippen molar-refractivity contribution in [3.63, 3.8) is 0 Å². The molecule has 2 N–H and O–H groups in total. The Balaban J connectivity index is 2.30. The molecule has 2 heterocycles. The third-order valence-electron chi connectivity index (χ3n) is 1.98. The second-order valence-electron chi connectivity index (χ2n) is 3.10. The SMILES string of the molecule is Cc1nc(Sc2ncnc(N)c2Cl)oc1C. The van der Waals surface area contributed by atoms with Crippen LogP contribution in [0.2, 0.25) is 5.02 Å². The largest absolute Gasteiger partial charge is 0.436 e. The van der Waals surface area contributed by atoms with E-state index in [0.717, 1.165) is 11.5 Å². The van der Waals surface area contributed by atoms with Crippen LogP contribution in [0.5, 0.6) is 0 Å². The van der Waals surface area contributed by atoms with E-state index in [4.69, 9.17) is 21.8 Å². The van der Waals surface area contributed by atoms with Crippen molar-refractivity contribution in [3.8, 4) is 0 Å². The third kappa shape index (κ3) is 2.12. The molecule has 0 amide bonds. The van der Waals surface area contributed by atoms with Gasteiger partial charge in [0.15, 0.2) is 0 Å². The zero-order valence-electron chi connectivity index (χ0n) is 8.69. The summed E-state index contributed by atoms with van der Waals surface area (Å²) in [6.07, 6.45) is 1.35. The van der Waals surface area contributed by atoms with Crippen molar-refractivity contribution >= 4 is 29.2 Å². The summed E-state index contributed by atoms with van der Waals surface area (Å²) in [5.74, 6) is 1.03. The molecule has 0 bridgehead atoms. The fraction of sp³-hybridized carbons (Fsp3) is 0.222. The lowest BCUT2D eigenvalue weighted by Crippen LogP contribution is -1.94. The van der Waals surface area contributed by atoms with E-state index in [0.29, 0.717) is 15.3 Å².